The van der Waals surface area contributed by atoms with Gasteiger partial charge in [0.05, 0.1) is 12.0 Å². The number of fused-ring (bicyclic) bond motifs is 1. The molecule has 0 N–H and O–H groups in total. The third-order valence-electron chi connectivity index (χ3n) is 5.20. The summed E-state index contributed by atoms with van der Waals surface area (Å²) in [5, 5.41) is 0.482. The van der Waals surface area contributed by atoms with E-state index in [1.54, 1.807) is 42.5 Å². The molecule has 1 aliphatic rings. The van der Waals surface area contributed by atoms with Crippen LogP contribution in [0.5, 0.6) is 0 Å². The lowest BCUT2D eigenvalue weighted by atomic mass is 9.97. The molecule has 0 spiro atoms. The normalized spacial score (nSPS) is 17.2. The Morgan fingerprint density at radius 2 is 2.21 bits per heavy atom. The molecule has 146 valence electrons. The van der Waals surface area contributed by atoms with E-state index in [9.17, 15) is 9.59 Å². The highest BCUT2D eigenvalue weighted by atomic mass is 16.5. The number of benzene rings is 1. The minimum Gasteiger partial charge on any atom is -0.451 e. The van der Waals surface area contributed by atoms with Crippen LogP contribution in [0.2, 0.25) is 0 Å². The number of amides is 1. The van der Waals surface area contributed by atoms with Gasteiger partial charge in [-0.25, -0.2) is 4.98 Å². The van der Waals surface area contributed by atoms with Crippen molar-refractivity contribution in [2.45, 2.75) is 25.3 Å². The molecule has 3 heterocycles. The van der Waals surface area contributed by atoms with Crippen molar-refractivity contribution in [1.29, 1.82) is 0 Å². The number of carbonyl (C=O) groups excluding carboxylic acids is 1. The first-order valence-electron chi connectivity index (χ1n) is 9.49. The maximum Gasteiger partial charge on any atom is 0.289 e. The number of rotatable bonds is 5. The van der Waals surface area contributed by atoms with E-state index in [-0.39, 0.29) is 23.0 Å². The van der Waals surface area contributed by atoms with E-state index >= 15 is 0 Å². The largest absolute Gasteiger partial charge is 0.451 e. The van der Waals surface area contributed by atoms with E-state index in [2.05, 4.69) is 9.55 Å². The lowest BCUT2D eigenvalue weighted by Crippen LogP contribution is -2.40. The SMILES string of the molecule is COCCn1ccnc1[C@@H]1CCCN(C(=O)c2cc(=O)c3ccccc3o2)C1. The van der Waals surface area contributed by atoms with Crippen LogP contribution in [0.25, 0.3) is 11.0 Å². The van der Waals surface area contributed by atoms with Crippen LogP contribution in [0, 0.1) is 0 Å². The summed E-state index contributed by atoms with van der Waals surface area (Å²) in [6, 6.07) is 8.27. The first-order chi connectivity index (χ1) is 13.7. The fraction of sp³-hybridized carbons (Fsp3) is 0.381. The van der Waals surface area contributed by atoms with E-state index in [0.717, 1.165) is 25.2 Å². The summed E-state index contributed by atoms with van der Waals surface area (Å²) < 4.78 is 13.0. The van der Waals surface area contributed by atoms with Gasteiger partial charge in [0.1, 0.15) is 11.4 Å². The van der Waals surface area contributed by atoms with Crippen LogP contribution in [-0.4, -0.2) is 47.2 Å². The van der Waals surface area contributed by atoms with Gasteiger partial charge in [0.25, 0.3) is 5.91 Å². The molecule has 0 bridgehead atoms. The molecule has 1 fully saturated rings. The Morgan fingerprint density at radius 1 is 1.36 bits per heavy atom. The summed E-state index contributed by atoms with van der Waals surface area (Å²) in [5.74, 6) is 0.959. The number of methoxy groups -OCH3 is 1. The van der Waals surface area contributed by atoms with Gasteiger partial charge in [-0.1, -0.05) is 12.1 Å². The second-order valence-electron chi connectivity index (χ2n) is 7.03. The summed E-state index contributed by atoms with van der Waals surface area (Å²) in [6.45, 7) is 2.54. The number of para-hydroxylation sites is 1. The monoisotopic (exact) mass is 381 g/mol. The predicted octanol–water partition coefficient (Wildman–Crippen LogP) is 2.66. The first kappa shape index (κ1) is 18.4. The average molecular weight is 381 g/mol. The zero-order chi connectivity index (χ0) is 19.5. The number of nitrogens with zero attached hydrogens (tertiary/aromatic N) is 3. The van der Waals surface area contributed by atoms with Crippen molar-refractivity contribution in [3.63, 3.8) is 0 Å². The van der Waals surface area contributed by atoms with E-state index in [1.807, 2.05) is 6.20 Å². The molecule has 1 atom stereocenters. The average Bonchev–Trinajstić information content (AvgIpc) is 3.20. The number of hydrogen-bond donors (Lipinski definition) is 0. The third kappa shape index (κ3) is 3.57. The Kier molecular flexibility index (Phi) is 5.25. The Bertz CT molecular complexity index is 1040. The maximum atomic E-state index is 13.0. The van der Waals surface area contributed by atoms with Crippen LogP contribution < -0.4 is 5.43 Å². The Morgan fingerprint density at radius 3 is 3.07 bits per heavy atom. The summed E-state index contributed by atoms with van der Waals surface area (Å²) in [4.78, 5) is 31.6. The van der Waals surface area contributed by atoms with Crippen LogP contribution in [0.3, 0.4) is 0 Å². The molecule has 1 amide bonds. The Balaban J connectivity index is 1.56. The van der Waals surface area contributed by atoms with Crippen molar-refractivity contribution in [2.75, 3.05) is 26.8 Å². The molecule has 2 aromatic heterocycles. The summed E-state index contributed by atoms with van der Waals surface area (Å²) in [5.41, 5.74) is 0.232. The zero-order valence-electron chi connectivity index (χ0n) is 15.8. The fourth-order valence-electron chi connectivity index (χ4n) is 3.80. The molecule has 7 nitrogen and oxygen atoms in total. The molecular weight excluding hydrogens is 358 g/mol. The summed E-state index contributed by atoms with van der Waals surface area (Å²) in [6.07, 6.45) is 5.58. The van der Waals surface area contributed by atoms with Crippen LogP contribution >= 0.6 is 0 Å². The predicted molar refractivity (Wildman–Crippen MR) is 104 cm³/mol. The van der Waals surface area contributed by atoms with Gasteiger partial charge in [0.15, 0.2) is 11.2 Å². The number of hydrogen-bond acceptors (Lipinski definition) is 5. The lowest BCUT2D eigenvalue weighted by Gasteiger charge is -2.32. The van der Waals surface area contributed by atoms with E-state index in [1.165, 1.54) is 6.07 Å². The van der Waals surface area contributed by atoms with Crippen molar-refractivity contribution >= 4 is 16.9 Å². The molecule has 4 rings (SSSR count). The summed E-state index contributed by atoms with van der Waals surface area (Å²) in [7, 11) is 1.68. The van der Waals surface area contributed by atoms with Crippen molar-refractivity contribution in [2.24, 2.45) is 0 Å². The number of piperidine rings is 1. The quantitative estimate of drug-likeness (QED) is 0.679. The van der Waals surface area contributed by atoms with Crippen LogP contribution in [0.1, 0.15) is 35.1 Å². The highest BCUT2D eigenvalue weighted by molar-refractivity contribution is 5.93. The molecule has 1 saturated heterocycles. The summed E-state index contributed by atoms with van der Waals surface area (Å²) >= 11 is 0. The van der Waals surface area contributed by atoms with Gasteiger partial charge in [-0.15, -0.1) is 0 Å². The van der Waals surface area contributed by atoms with Crippen LogP contribution in [-0.2, 0) is 11.3 Å². The topological polar surface area (TPSA) is 77.6 Å². The van der Waals surface area contributed by atoms with Crippen molar-refractivity contribution in [3.05, 3.63) is 64.5 Å². The lowest BCUT2D eigenvalue weighted by molar-refractivity contribution is 0.0671. The molecule has 0 unspecified atom stereocenters. The van der Waals surface area contributed by atoms with Crippen LogP contribution in [0.4, 0.5) is 0 Å². The molecular formula is C21H23N3O4. The van der Waals surface area contributed by atoms with Gasteiger partial charge < -0.3 is 18.6 Å². The fourth-order valence-corrected chi connectivity index (χ4v) is 3.80. The number of carbonyl (C=O) groups is 1. The second-order valence-corrected chi connectivity index (χ2v) is 7.03. The van der Waals surface area contributed by atoms with Gasteiger partial charge in [-0.05, 0) is 25.0 Å². The van der Waals surface area contributed by atoms with E-state index < -0.39 is 0 Å². The van der Waals surface area contributed by atoms with Crippen molar-refractivity contribution < 1.29 is 13.9 Å². The molecule has 1 aromatic carbocycles. The van der Waals surface area contributed by atoms with Gasteiger partial charge in [-0.2, -0.15) is 0 Å². The molecule has 7 heteroatoms. The molecule has 0 saturated carbocycles. The molecule has 1 aliphatic heterocycles. The zero-order valence-corrected chi connectivity index (χ0v) is 15.8. The standard InChI is InChI=1S/C21H23N3O4/c1-27-12-11-23-10-8-22-20(23)15-5-4-9-24(14-15)21(26)19-13-17(25)16-6-2-3-7-18(16)28-19/h2-3,6-8,10,13,15H,4-5,9,11-12,14H2,1H3/t15-/m1/s1. The molecule has 28 heavy (non-hydrogen) atoms. The number of aromatic nitrogens is 2. The molecule has 0 radical (unpaired) electrons. The van der Waals surface area contributed by atoms with E-state index in [4.69, 9.17) is 9.15 Å². The van der Waals surface area contributed by atoms with Gasteiger partial charge in [-0.3, -0.25) is 9.59 Å². The van der Waals surface area contributed by atoms with E-state index in [0.29, 0.717) is 30.7 Å². The molecule has 0 aliphatic carbocycles. The van der Waals surface area contributed by atoms with Gasteiger partial charge in [0.2, 0.25) is 0 Å². The second kappa shape index (κ2) is 7.98. The van der Waals surface area contributed by atoms with Crippen LogP contribution in [0.15, 0.2) is 51.9 Å². The maximum absolute atomic E-state index is 13.0. The Labute approximate surface area is 162 Å². The minimum absolute atomic E-state index is 0.0899. The number of likely N-dealkylation sites (tertiary alicyclic amines) is 1. The van der Waals surface area contributed by atoms with Gasteiger partial charge in [0, 0.05) is 51.1 Å². The minimum atomic E-state index is -0.248. The molecule has 3 aromatic rings. The third-order valence-corrected chi connectivity index (χ3v) is 5.20. The highest BCUT2D eigenvalue weighted by Crippen LogP contribution is 2.27. The highest BCUT2D eigenvalue weighted by Gasteiger charge is 2.29. The Hall–Kier alpha value is -2.93. The smallest absolute Gasteiger partial charge is 0.289 e. The number of ether oxygens (including phenoxy) is 1. The van der Waals surface area contributed by atoms with Crippen molar-refractivity contribution in [1.82, 2.24) is 14.5 Å². The number of imidazole rings is 1. The van der Waals surface area contributed by atoms with Gasteiger partial charge >= 0.3 is 0 Å². The first-order valence-corrected chi connectivity index (χ1v) is 9.49. The van der Waals surface area contributed by atoms with Crippen molar-refractivity contribution in [3.8, 4) is 0 Å².